The Bertz CT molecular complexity index is 418. The molecule has 0 saturated carbocycles. The van der Waals surface area contributed by atoms with E-state index in [1.54, 1.807) is 0 Å². The van der Waals surface area contributed by atoms with Gasteiger partial charge in [0.05, 0.1) is 13.2 Å². The molecule has 0 bridgehead atoms. The fourth-order valence-electron chi connectivity index (χ4n) is 2.00. The Balaban J connectivity index is 2.25. The third-order valence-electron chi connectivity index (χ3n) is 3.59. The van der Waals surface area contributed by atoms with E-state index >= 15 is 0 Å². The van der Waals surface area contributed by atoms with E-state index in [2.05, 4.69) is 24.5 Å². The third kappa shape index (κ3) is 7.91. The highest BCUT2D eigenvalue weighted by molar-refractivity contribution is 5.80. The Morgan fingerprint density at radius 1 is 1.14 bits per heavy atom. The number of anilines is 1. The van der Waals surface area contributed by atoms with Gasteiger partial charge in [0.15, 0.2) is 0 Å². The molecule has 2 N–H and O–H groups in total. The maximum atomic E-state index is 11.7. The van der Waals surface area contributed by atoms with Crippen molar-refractivity contribution in [2.45, 2.75) is 58.9 Å². The minimum Gasteiger partial charge on any atom is -0.494 e. The molecule has 1 unspecified atom stereocenters. The van der Waals surface area contributed by atoms with E-state index in [-0.39, 0.29) is 11.9 Å². The second-order valence-electron chi connectivity index (χ2n) is 5.66. The zero-order valence-electron chi connectivity index (χ0n) is 14.2. The molecule has 1 aromatic rings. The van der Waals surface area contributed by atoms with E-state index in [1.165, 1.54) is 19.3 Å². The summed E-state index contributed by atoms with van der Waals surface area (Å²) in [5.74, 6) is 0.900. The molecular formula is C18H30N2O2. The fraction of sp³-hybridized carbons (Fsp3) is 0.611. The second kappa shape index (κ2) is 10.9. The summed E-state index contributed by atoms with van der Waals surface area (Å²) >= 11 is 0. The number of carbonyl (C=O) groups is 1. The van der Waals surface area contributed by atoms with Crippen LogP contribution >= 0.6 is 0 Å². The number of nitrogens with one attached hydrogen (secondary N) is 2. The van der Waals surface area contributed by atoms with Crippen molar-refractivity contribution >= 4 is 11.6 Å². The van der Waals surface area contributed by atoms with Crippen molar-refractivity contribution in [1.82, 2.24) is 5.32 Å². The van der Waals surface area contributed by atoms with Gasteiger partial charge >= 0.3 is 0 Å². The number of amides is 1. The van der Waals surface area contributed by atoms with Gasteiger partial charge in [-0.05, 0) is 44.0 Å². The van der Waals surface area contributed by atoms with Crippen LogP contribution in [0, 0.1) is 0 Å². The van der Waals surface area contributed by atoms with Crippen molar-refractivity contribution in [3.05, 3.63) is 24.3 Å². The summed E-state index contributed by atoms with van der Waals surface area (Å²) in [6, 6.07) is 7.98. The van der Waals surface area contributed by atoms with Gasteiger partial charge in [-0.1, -0.05) is 33.1 Å². The van der Waals surface area contributed by atoms with Crippen molar-refractivity contribution in [3.8, 4) is 5.75 Å². The van der Waals surface area contributed by atoms with Crippen LogP contribution in [0.3, 0.4) is 0 Å². The van der Waals surface area contributed by atoms with Crippen molar-refractivity contribution in [3.63, 3.8) is 0 Å². The van der Waals surface area contributed by atoms with Crippen LogP contribution in [0.1, 0.15) is 52.9 Å². The first-order valence-electron chi connectivity index (χ1n) is 8.41. The number of rotatable bonds is 11. The molecule has 0 aliphatic carbocycles. The summed E-state index contributed by atoms with van der Waals surface area (Å²) in [6.07, 6.45) is 5.77. The Hall–Kier alpha value is -1.71. The highest BCUT2D eigenvalue weighted by atomic mass is 16.5. The molecule has 0 aromatic heterocycles. The molecule has 0 aliphatic rings. The van der Waals surface area contributed by atoms with Gasteiger partial charge in [-0.2, -0.15) is 0 Å². The van der Waals surface area contributed by atoms with E-state index in [9.17, 15) is 4.79 Å². The van der Waals surface area contributed by atoms with E-state index in [0.717, 1.165) is 30.9 Å². The van der Waals surface area contributed by atoms with E-state index in [1.807, 2.05) is 31.2 Å². The summed E-state index contributed by atoms with van der Waals surface area (Å²) in [5.41, 5.74) is 0.928. The summed E-state index contributed by atoms with van der Waals surface area (Å²) < 4.78 is 5.69. The SMILES string of the molecule is CCCCCCOc1ccc(NCC(=O)NC(C)CC)cc1. The predicted molar refractivity (Wildman–Crippen MR) is 92.5 cm³/mol. The maximum Gasteiger partial charge on any atom is 0.239 e. The fourth-order valence-corrected chi connectivity index (χ4v) is 2.00. The van der Waals surface area contributed by atoms with Crippen molar-refractivity contribution in [2.75, 3.05) is 18.5 Å². The van der Waals surface area contributed by atoms with Gasteiger partial charge in [-0.3, -0.25) is 4.79 Å². The van der Waals surface area contributed by atoms with Crippen molar-refractivity contribution in [2.24, 2.45) is 0 Å². The first-order valence-corrected chi connectivity index (χ1v) is 8.41. The first kappa shape index (κ1) is 18.3. The molecule has 1 aromatic carbocycles. The van der Waals surface area contributed by atoms with Crippen LogP contribution in [0.5, 0.6) is 5.75 Å². The standard InChI is InChI=1S/C18H30N2O2/c1-4-6-7-8-13-22-17-11-9-16(10-12-17)19-14-18(21)20-15(3)5-2/h9-12,15,19H,4-8,13-14H2,1-3H3,(H,20,21). The quantitative estimate of drug-likeness (QED) is 0.608. The van der Waals surface area contributed by atoms with Crippen LogP contribution in [0.15, 0.2) is 24.3 Å². The molecule has 0 saturated heterocycles. The van der Waals surface area contributed by atoms with E-state index < -0.39 is 0 Å². The van der Waals surface area contributed by atoms with E-state index in [0.29, 0.717) is 6.54 Å². The average Bonchev–Trinajstić information content (AvgIpc) is 2.53. The molecule has 0 spiro atoms. The number of ether oxygens (including phenoxy) is 1. The summed E-state index contributed by atoms with van der Waals surface area (Å²) in [7, 11) is 0. The molecule has 0 fully saturated rings. The van der Waals surface area contributed by atoms with Crippen molar-refractivity contribution in [1.29, 1.82) is 0 Å². The van der Waals surface area contributed by atoms with Gasteiger partial charge in [-0.15, -0.1) is 0 Å². The minimum atomic E-state index is 0.0191. The molecule has 4 heteroatoms. The molecule has 0 aliphatic heterocycles. The number of unbranched alkanes of at least 4 members (excludes halogenated alkanes) is 3. The predicted octanol–water partition coefficient (Wildman–Crippen LogP) is 3.97. The average molecular weight is 306 g/mol. The van der Waals surface area contributed by atoms with Crippen LogP contribution in [-0.2, 0) is 4.79 Å². The maximum absolute atomic E-state index is 11.7. The molecule has 1 rings (SSSR count). The lowest BCUT2D eigenvalue weighted by molar-refractivity contribution is -0.120. The smallest absolute Gasteiger partial charge is 0.239 e. The molecule has 4 nitrogen and oxygen atoms in total. The van der Waals surface area contributed by atoms with E-state index in [4.69, 9.17) is 4.74 Å². The minimum absolute atomic E-state index is 0.0191. The molecule has 1 atom stereocenters. The van der Waals surface area contributed by atoms with Crippen LogP contribution in [0.2, 0.25) is 0 Å². The number of carbonyl (C=O) groups excluding carboxylic acids is 1. The highest BCUT2D eigenvalue weighted by Gasteiger charge is 2.04. The van der Waals surface area contributed by atoms with Crippen LogP contribution in [-0.4, -0.2) is 25.1 Å². The van der Waals surface area contributed by atoms with Crippen LogP contribution in [0.4, 0.5) is 5.69 Å². The van der Waals surface area contributed by atoms with Gasteiger partial charge in [-0.25, -0.2) is 0 Å². The Morgan fingerprint density at radius 2 is 1.86 bits per heavy atom. The lowest BCUT2D eigenvalue weighted by Gasteiger charge is -2.12. The molecule has 124 valence electrons. The third-order valence-corrected chi connectivity index (χ3v) is 3.59. The van der Waals surface area contributed by atoms with Gasteiger partial charge < -0.3 is 15.4 Å². The molecule has 0 heterocycles. The topological polar surface area (TPSA) is 50.4 Å². The number of hydrogen-bond donors (Lipinski definition) is 2. The van der Waals surface area contributed by atoms with Gasteiger partial charge in [0.1, 0.15) is 5.75 Å². The van der Waals surface area contributed by atoms with Gasteiger partial charge in [0.2, 0.25) is 5.91 Å². The second-order valence-corrected chi connectivity index (χ2v) is 5.66. The lowest BCUT2D eigenvalue weighted by atomic mass is 10.2. The van der Waals surface area contributed by atoms with Crippen LogP contribution < -0.4 is 15.4 Å². The summed E-state index contributed by atoms with van der Waals surface area (Å²) in [6.45, 7) is 7.32. The zero-order valence-corrected chi connectivity index (χ0v) is 14.2. The van der Waals surface area contributed by atoms with Crippen LogP contribution in [0.25, 0.3) is 0 Å². The number of benzene rings is 1. The Kier molecular flexibility index (Phi) is 9.12. The number of hydrogen-bond acceptors (Lipinski definition) is 3. The monoisotopic (exact) mass is 306 g/mol. The summed E-state index contributed by atoms with van der Waals surface area (Å²) in [5, 5.41) is 6.05. The molecule has 0 radical (unpaired) electrons. The first-order chi connectivity index (χ1) is 10.7. The highest BCUT2D eigenvalue weighted by Crippen LogP contribution is 2.16. The van der Waals surface area contributed by atoms with Gasteiger partial charge in [0.25, 0.3) is 0 Å². The molecule has 1 amide bonds. The molecular weight excluding hydrogens is 276 g/mol. The Labute approximate surface area is 134 Å². The Morgan fingerprint density at radius 3 is 2.50 bits per heavy atom. The zero-order chi connectivity index (χ0) is 16.2. The van der Waals surface area contributed by atoms with Gasteiger partial charge in [0, 0.05) is 11.7 Å². The molecule has 22 heavy (non-hydrogen) atoms. The lowest BCUT2D eigenvalue weighted by Crippen LogP contribution is -2.36. The largest absolute Gasteiger partial charge is 0.494 e. The summed E-state index contributed by atoms with van der Waals surface area (Å²) in [4.78, 5) is 11.7. The van der Waals surface area contributed by atoms with Crippen molar-refractivity contribution < 1.29 is 9.53 Å². The normalized spacial score (nSPS) is 11.8.